The Kier molecular flexibility index (Phi) is 9.58. The molecule has 8 nitrogen and oxygen atoms in total. The second-order valence-electron chi connectivity index (χ2n) is 8.57. The number of fused-ring (bicyclic) bond motifs is 1. The predicted octanol–water partition coefficient (Wildman–Crippen LogP) is 7.19. The van der Waals surface area contributed by atoms with Crippen LogP contribution in [0.25, 0.3) is 10.9 Å². The second kappa shape index (κ2) is 12.9. The number of aromatic carboxylic acids is 1. The quantitative estimate of drug-likeness (QED) is 0.174. The zero-order chi connectivity index (χ0) is 28.1. The number of ether oxygens (including phenoxy) is 2. The molecule has 11 heteroatoms. The van der Waals surface area contributed by atoms with Crippen molar-refractivity contribution in [3.05, 3.63) is 94.8 Å². The zero-order valence-corrected chi connectivity index (χ0v) is 25.8. The number of hydrogen-bond donors (Lipinski definition) is 1. The number of aryl methyl sites for hydroxylation is 1. The first-order valence-corrected chi connectivity index (χ1v) is 14.4. The van der Waals surface area contributed by atoms with Gasteiger partial charge in [0.25, 0.3) is 5.56 Å². The summed E-state index contributed by atoms with van der Waals surface area (Å²) in [6, 6.07) is 13.7. The summed E-state index contributed by atoms with van der Waals surface area (Å²) in [4.78, 5) is 29.4. The van der Waals surface area contributed by atoms with Gasteiger partial charge in [0.05, 0.1) is 34.3 Å². The minimum absolute atomic E-state index is 0.129. The van der Waals surface area contributed by atoms with Gasteiger partial charge in [0.2, 0.25) is 0 Å². The van der Waals surface area contributed by atoms with Gasteiger partial charge in [-0.1, -0.05) is 41.4 Å². The SMILES string of the molecule is CCCCc1nc2ccc(Br)cc2c(=O)n1N=Cc1cc(OC)c(OCc2cccc(C(=O)O)c2)c(Br)c1Br. The van der Waals surface area contributed by atoms with E-state index < -0.39 is 5.97 Å². The first-order valence-electron chi connectivity index (χ1n) is 12.0. The normalized spacial score (nSPS) is 11.3. The third-order valence-corrected chi connectivity index (χ3v) is 8.51. The number of nitrogens with zero attached hydrogens (tertiary/aromatic N) is 3. The molecule has 0 aliphatic rings. The topological polar surface area (TPSA) is 103 Å². The molecule has 0 saturated heterocycles. The van der Waals surface area contributed by atoms with Crippen molar-refractivity contribution in [2.45, 2.75) is 32.8 Å². The zero-order valence-electron chi connectivity index (χ0n) is 21.1. The monoisotopic (exact) mass is 719 g/mol. The molecule has 1 aromatic heterocycles. The number of carboxylic acid groups (broad SMARTS) is 1. The van der Waals surface area contributed by atoms with Gasteiger partial charge < -0.3 is 14.6 Å². The Labute approximate surface area is 250 Å². The third kappa shape index (κ3) is 6.59. The number of carboxylic acids is 1. The standard InChI is InChI=1S/C28H24Br3N3O5/c1-3-4-8-23-33-21-10-9-19(29)13-20(21)27(35)34(23)32-14-18-12-22(38-2)26(25(31)24(18)30)39-15-16-6-5-7-17(11-16)28(36)37/h5-7,9-14H,3-4,8,15H2,1-2H3,(H,36,37). The lowest BCUT2D eigenvalue weighted by Crippen LogP contribution is -2.22. The van der Waals surface area contributed by atoms with Gasteiger partial charge >= 0.3 is 5.97 Å². The summed E-state index contributed by atoms with van der Waals surface area (Å²) in [6.07, 6.45) is 4.00. The molecule has 0 unspecified atom stereocenters. The Bertz CT molecular complexity index is 1640. The van der Waals surface area contributed by atoms with Crippen LogP contribution in [0.5, 0.6) is 11.5 Å². The lowest BCUT2D eigenvalue weighted by Gasteiger charge is -2.16. The number of halogens is 3. The number of rotatable bonds is 10. The van der Waals surface area contributed by atoms with Crippen molar-refractivity contribution < 1.29 is 19.4 Å². The van der Waals surface area contributed by atoms with Crippen LogP contribution in [0.15, 0.2) is 71.8 Å². The smallest absolute Gasteiger partial charge is 0.335 e. The van der Waals surface area contributed by atoms with Gasteiger partial charge in [-0.05, 0) is 80.2 Å². The van der Waals surface area contributed by atoms with E-state index in [-0.39, 0.29) is 17.7 Å². The molecule has 39 heavy (non-hydrogen) atoms. The molecule has 0 spiro atoms. The van der Waals surface area contributed by atoms with E-state index in [0.29, 0.717) is 54.7 Å². The van der Waals surface area contributed by atoms with Gasteiger partial charge in [-0.15, -0.1) is 0 Å². The number of unbranched alkanes of at least 4 members (excludes halogenated alkanes) is 1. The number of methoxy groups -OCH3 is 1. The molecule has 0 atom stereocenters. The van der Waals surface area contributed by atoms with Gasteiger partial charge in [-0.3, -0.25) is 4.79 Å². The van der Waals surface area contributed by atoms with Crippen LogP contribution in [-0.2, 0) is 13.0 Å². The predicted molar refractivity (Wildman–Crippen MR) is 161 cm³/mol. The van der Waals surface area contributed by atoms with E-state index in [1.54, 1.807) is 36.5 Å². The summed E-state index contributed by atoms with van der Waals surface area (Å²) in [5, 5.41) is 14.2. The van der Waals surface area contributed by atoms with Gasteiger partial charge in [-0.25, -0.2) is 9.78 Å². The van der Waals surface area contributed by atoms with Crippen molar-refractivity contribution >= 4 is 70.9 Å². The first-order chi connectivity index (χ1) is 18.7. The molecule has 202 valence electrons. The molecule has 0 aliphatic heterocycles. The van der Waals surface area contributed by atoms with Gasteiger partial charge in [0.1, 0.15) is 12.4 Å². The van der Waals surface area contributed by atoms with Crippen molar-refractivity contribution in [1.29, 1.82) is 0 Å². The van der Waals surface area contributed by atoms with Crippen LogP contribution in [0.3, 0.4) is 0 Å². The fourth-order valence-electron chi connectivity index (χ4n) is 3.86. The maximum Gasteiger partial charge on any atom is 0.335 e. The summed E-state index contributed by atoms with van der Waals surface area (Å²) in [6.45, 7) is 2.21. The molecule has 1 N–H and O–H groups in total. The lowest BCUT2D eigenvalue weighted by atomic mass is 10.1. The molecule has 0 fully saturated rings. The van der Waals surface area contributed by atoms with Crippen molar-refractivity contribution in [2.24, 2.45) is 5.10 Å². The summed E-state index contributed by atoms with van der Waals surface area (Å²) in [5.41, 5.74) is 1.89. The highest BCUT2D eigenvalue weighted by atomic mass is 79.9. The molecule has 4 rings (SSSR count). The minimum atomic E-state index is -1.01. The summed E-state index contributed by atoms with van der Waals surface area (Å²) < 4.78 is 14.9. The van der Waals surface area contributed by atoms with Gasteiger partial charge in [0.15, 0.2) is 11.5 Å². The molecule has 3 aromatic carbocycles. The summed E-state index contributed by atoms with van der Waals surface area (Å²) in [5.74, 6) is 0.437. The molecular formula is C28H24Br3N3O5. The molecule has 1 heterocycles. The number of carbonyl (C=O) groups is 1. The Morgan fingerprint density at radius 1 is 1.13 bits per heavy atom. The average Bonchev–Trinajstić information content (AvgIpc) is 2.93. The van der Waals surface area contributed by atoms with Crippen molar-refractivity contribution in [3.8, 4) is 11.5 Å². The summed E-state index contributed by atoms with van der Waals surface area (Å²) in [7, 11) is 1.52. The molecular weight excluding hydrogens is 698 g/mol. The van der Waals surface area contributed by atoms with Crippen molar-refractivity contribution in [3.63, 3.8) is 0 Å². The Hall–Kier alpha value is -3.02. The Balaban J connectivity index is 1.70. The lowest BCUT2D eigenvalue weighted by molar-refractivity contribution is 0.0696. The van der Waals surface area contributed by atoms with Crippen LogP contribution in [0.1, 0.15) is 47.1 Å². The number of hydrogen-bond acceptors (Lipinski definition) is 6. The molecule has 0 bridgehead atoms. The number of aromatic nitrogens is 2. The van der Waals surface area contributed by atoms with Crippen molar-refractivity contribution in [2.75, 3.05) is 7.11 Å². The summed E-state index contributed by atoms with van der Waals surface area (Å²) >= 11 is 10.6. The molecule has 0 radical (unpaired) electrons. The Morgan fingerprint density at radius 3 is 2.64 bits per heavy atom. The fourth-order valence-corrected chi connectivity index (χ4v) is 5.16. The van der Waals surface area contributed by atoms with Crippen LogP contribution in [0.4, 0.5) is 0 Å². The maximum atomic E-state index is 13.4. The molecule has 0 saturated carbocycles. The van der Waals surface area contributed by atoms with E-state index in [1.165, 1.54) is 17.9 Å². The van der Waals surface area contributed by atoms with E-state index in [1.807, 2.05) is 12.1 Å². The maximum absolute atomic E-state index is 13.4. The fraction of sp³-hybridized carbons (Fsp3) is 0.214. The van der Waals surface area contributed by atoms with Crippen molar-refractivity contribution in [1.82, 2.24) is 9.66 Å². The third-order valence-electron chi connectivity index (χ3n) is 5.87. The molecule has 4 aromatic rings. The van der Waals surface area contributed by atoms with Crippen LogP contribution < -0.4 is 15.0 Å². The minimum Gasteiger partial charge on any atom is -0.493 e. The van der Waals surface area contributed by atoms with Gasteiger partial charge in [0, 0.05) is 20.9 Å². The number of benzene rings is 3. The van der Waals surface area contributed by atoms with E-state index in [0.717, 1.165) is 17.3 Å². The van der Waals surface area contributed by atoms with Crippen LogP contribution in [0, 0.1) is 0 Å². The van der Waals surface area contributed by atoms with E-state index in [9.17, 15) is 14.7 Å². The van der Waals surface area contributed by atoms with E-state index in [2.05, 4.69) is 59.8 Å². The van der Waals surface area contributed by atoms with Crippen LogP contribution in [-0.4, -0.2) is 34.1 Å². The average molecular weight is 722 g/mol. The first kappa shape index (κ1) is 29.0. The highest BCUT2D eigenvalue weighted by Gasteiger charge is 2.18. The largest absolute Gasteiger partial charge is 0.493 e. The highest BCUT2D eigenvalue weighted by Crippen LogP contribution is 2.42. The molecule has 0 aliphatic carbocycles. The second-order valence-corrected chi connectivity index (χ2v) is 11.1. The highest BCUT2D eigenvalue weighted by molar-refractivity contribution is 9.13. The van der Waals surface area contributed by atoms with Gasteiger partial charge in [-0.2, -0.15) is 9.78 Å². The van der Waals surface area contributed by atoms with E-state index >= 15 is 0 Å². The Morgan fingerprint density at radius 2 is 1.92 bits per heavy atom. The van der Waals surface area contributed by atoms with E-state index in [4.69, 9.17) is 14.5 Å². The molecule has 0 amide bonds. The van der Waals surface area contributed by atoms with Crippen LogP contribution in [0.2, 0.25) is 0 Å². The van der Waals surface area contributed by atoms with Crippen LogP contribution >= 0.6 is 47.8 Å².